The summed E-state index contributed by atoms with van der Waals surface area (Å²) in [5.74, 6) is 0.761. The van der Waals surface area contributed by atoms with Crippen molar-refractivity contribution in [2.45, 2.75) is 20.3 Å². The van der Waals surface area contributed by atoms with Crippen LogP contribution < -0.4 is 15.8 Å². The molecule has 0 aliphatic carbocycles. The van der Waals surface area contributed by atoms with Gasteiger partial charge in [0, 0.05) is 18.7 Å². The molecule has 0 unspecified atom stereocenters. The average molecular weight is 236 g/mol. The van der Waals surface area contributed by atoms with E-state index < -0.39 is 0 Å². The van der Waals surface area contributed by atoms with Crippen LogP contribution in [0.15, 0.2) is 12.1 Å². The molecule has 0 bridgehead atoms. The number of nitrogens with two attached hydrogens (primary N) is 1. The van der Waals surface area contributed by atoms with Crippen LogP contribution in [0.1, 0.15) is 16.7 Å². The number of nitrogens with one attached hydrogen (secondary N) is 1. The molecule has 1 amide bonds. The number of rotatable bonds is 5. The van der Waals surface area contributed by atoms with Crippen molar-refractivity contribution in [2.75, 3.05) is 20.2 Å². The number of methoxy groups -OCH3 is 1. The minimum atomic E-state index is -0.0289. The Bertz CT molecular complexity index is 403. The van der Waals surface area contributed by atoms with Crippen LogP contribution >= 0.6 is 0 Å². The Labute approximate surface area is 102 Å². The highest BCUT2D eigenvalue weighted by atomic mass is 16.5. The first-order valence-corrected chi connectivity index (χ1v) is 5.69. The zero-order valence-electron chi connectivity index (χ0n) is 10.7. The van der Waals surface area contributed by atoms with Gasteiger partial charge in [0.2, 0.25) is 5.91 Å². The third kappa shape index (κ3) is 3.75. The molecule has 1 aromatic rings. The van der Waals surface area contributed by atoms with Gasteiger partial charge in [-0.2, -0.15) is 0 Å². The second-order valence-corrected chi connectivity index (χ2v) is 4.09. The van der Waals surface area contributed by atoms with Gasteiger partial charge in [0.25, 0.3) is 0 Å². The lowest BCUT2D eigenvalue weighted by Gasteiger charge is -2.12. The summed E-state index contributed by atoms with van der Waals surface area (Å²) < 4.78 is 5.33. The summed E-state index contributed by atoms with van der Waals surface area (Å²) in [6.07, 6.45) is 0.325. The van der Waals surface area contributed by atoms with Crippen LogP contribution in [0.5, 0.6) is 5.75 Å². The third-order valence-electron chi connectivity index (χ3n) is 2.52. The van der Waals surface area contributed by atoms with E-state index in [2.05, 4.69) is 5.32 Å². The summed E-state index contributed by atoms with van der Waals surface area (Å²) in [7, 11) is 1.62. The van der Waals surface area contributed by atoms with Gasteiger partial charge in [-0.05, 0) is 19.4 Å². The van der Waals surface area contributed by atoms with Crippen LogP contribution in [0.25, 0.3) is 0 Å². The lowest BCUT2D eigenvalue weighted by Crippen LogP contribution is -2.30. The second kappa shape index (κ2) is 6.25. The van der Waals surface area contributed by atoms with E-state index >= 15 is 0 Å². The molecular formula is C13H20N2O2. The maximum Gasteiger partial charge on any atom is 0.224 e. The third-order valence-corrected chi connectivity index (χ3v) is 2.52. The lowest BCUT2D eigenvalue weighted by atomic mass is 10.0. The molecule has 0 atom stereocenters. The number of ether oxygens (including phenoxy) is 1. The molecule has 0 radical (unpaired) electrons. The van der Waals surface area contributed by atoms with Crippen molar-refractivity contribution in [1.82, 2.24) is 5.32 Å². The van der Waals surface area contributed by atoms with Crippen molar-refractivity contribution in [3.8, 4) is 5.75 Å². The molecule has 0 aliphatic rings. The van der Waals surface area contributed by atoms with Crippen LogP contribution in [0.2, 0.25) is 0 Å². The molecule has 0 saturated carbocycles. The quantitative estimate of drug-likeness (QED) is 0.799. The van der Waals surface area contributed by atoms with E-state index in [-0.39, 0.29) is 5.91 Å². The summed E-state index contributed by atoms with van der Waals surface area (Å²) in [4.78, 5) is 11.6. The molecule has 0 saturated heterocycles. The van der Waals surface area contributed by atoms with Crippen LogP contribution in [0.3, 0.4) is 0 Å². The summed E-state index contributed by atoms with van der Waals surface area (Å²) in [5.41, 5.74) is 8.43. The predicted molar refractivity (Wildman–Crippen MR) is 68.2 cm³/mol. The molecule has 17 heavy (non-hydrogen) atoms. The van der Waals surface area contributed by atoms with E-state index in [1.54, 1.807) is 7.11 Å². The molecule has 0 heterocycles. The van der Waals surface area contributed by atoms with E-state index in [1.807, 2.05) is 26.0 Å². The Morgan fingerprint density at radius 2 is 2.12 bits per heavy atom. The van der Waals surface area contributed by atoms with E-state index in [0.29, 0.717) is 19.5 Å². The Hall–Kier alpha value is -1.55. The van der Waals surface area contributed by atoms with E-state index in [9.17, 15) is 4.79 Å². The minimum Gasteiger partial charge on any atom is -0.496 e. The monoisotopic (exact) mass is 236 g/mol. The largest absolute Gasteiger partial charge is 0.496 e. The topological polar surface area (TPSA) is 64.3 Å². The predicted octanol–water partition coefficient (Wildman–Crippen LogP) is 0.929. The zero-order chi connectivity index (χ0) is 12.8. The van der Waals surface area contributed by atoms with Gasteiger partial charge in [0.15, 0.2) is 0 Å². The lowest BCUT2D eigenvalue weighted by molar-refractivity contribution is -0.120. The molecule has 94 valence electrons. The number of hydrogen-bond acceptors (Lipinski definition) is 3. The summed E-state index contributed by atoms with van der Waals surface area (Å²) >= 11 is 0. The molecule has 0 aromatic heterocycles. The van der Waals surface area contributed by atoms with Crippen LogP contribution in [-0.4, -0.2) is 26.1 Å². The van der Waals surface area contributed by atoms with E-state index in [4.69, 9.17) is 10.5 Å². The highest BCUT2D eigenvalue weighted by Gasteiger charge is 2.11. The molecule has 4 nitrogen and oxygen atoms in total. The van der Waals surface area contributed by atoms with Gasteiger partial charge in [-0.15, -0.1) is 0 Å². The zero-order valence-corrected chi connectivity index (χ0v) is 10.7. The molecule has 3 N–H and O–H groups in total. The number of carbonyl (C=O) groups excluding carboxylic acids is 1. The smallest absolute Gasteiger partial charge is 0.224 e. The standard InChI is InChI=1S/C13H20N2O2/c1-9-6-10(2)13(17-3)11(7-9)8-12(16)15-5-4-14/h6-7H,4-5,8,14H2,1-3H3,(H,15,16). The van der Waals surface area contributed by atoms with Crippen molar-refractivity contribution in [3.05, 3.63) is 28.8 Å². The Kier molecular flexibility index (Phi) is 4.97. The Morgan fingerprint density at radius 1 is 1.41 bits per heavy atom. The maximum atomic E-state index is 11.6. The number of aryl methyl sites for hydroxylation is 2. The highest BCUT2D eigenvalue weighted by Crippen LogP contribution is 2.25. The normalized spacial score (nSPS) is 10.1. The van der Waals surface area contributed by atoms with Crippen LogP contribution in [0, 0.1) is 13.8 Å². The first kappa shape index (κ1) is 13.5. The van der Waals surface area contributed by atoms with Crippen LogP contribution in [-0.2, 0) is 11.2 Å². The average Bonchev–Trinajstić information content (AvgIpc) is 2.25. The van der Waals surface area contributed by atoms with Crippen molar-refractivity contribution in [3.63, 3.8) is 0 Å². The summed E-state index contributed by atoms with van der Waals surface area (Å²) in [6, 6.07) is 4.02. The maximum absolute atomic E-state index is 11.6. The van der Waals surface area contributed by atoms with Gasteiger partial charge in [-0.1, -0.05) is 17.7 Å². The highest BCUT2D eigenvalue weighted by molar-refractivity contribution is 5.79. The number of benzene rings is 1. The molecular weight excluding hydrogens is 216 g/mol. The molecule has 4 heteroatoms. The fraction of sp³-hybridized carbons (Fsp3) is 0.462. The van der Waals surface area contributed by atoms with Crippen molar-refractivity contribution >= 4 is 5.91 Å². The fourth-order valence-corrected chi connectivity index (χ4v) is 1.91. The molecule has 0 spiro atoms. The van der Waals surface area contributed by atoms with E-state index in [1.165, 1.54) is 0 Å². The fourth-order valence-electron chi connectivity index (χ4n) is 1.91. The first-order chi connectivity index (χ1) is 8.08. The van der Waals surface area contributed by atoms with Crippen molar-refractivity contribution in [1.29, 1.82) is 0 Å². The molecule has 1 rings (SSSR count). The number of amides is 1. The SMILES string of the molecule is COc1c(C)cc(C)cc1CC(=O)NCCN. The van der Waals surface area contributed by atoms with Crippen LogP contribution in [0.4, 0.5) is 0 Å². The Morgan fingerprint density at radius 3 is 2.71 bits per heavy atom. The van der Waals surface area contributed by atoms with Gasteiger partial charge < -0.3 is 15.8 Å². The first-order valence-electron chi connectivity index (χ1n) is 5.69. The van der Waals surface area contributed by atoms with E-state index in [0.717, 1.165) is 22.4 Å². The van der Waals surface area contributed by atoms with Crippen molar-refractivity contribution < 1.29 is 9.53 Å². The van der Waals surface area contributed by atoms with Gasteiger partial charge in [0.1, 0.15) is 5.75 Å². The van der Waals surface area contributed by atoms with Gasteiger partial charge in [-0.25, -0.2) is 0 Å². The van der Waals surface area contributed by atoms with Gasteiger partial charge >= 0.3 is 0 Å². The van der Waals surface area contributed by atoms with Gasteiger partial charge in [-0.3, -0.25) is 4.79 Å². The minimum absolute atomic E-state index is 0.0289. The van der Waals surface area contributed by atoms with Crippen molar-refractivity contribution in [2.24, 2.45) is 5.73 Å². The van der Waals surface area contributed by atoms with Gasteiger partial charge in [0.05, 0.1) is 13.5 Å². The Balaban J connectivity index is 2.85. The number of hydrogen-bond donors (Lipinski definition) is 2. The summed E-state index contributed by atoms with van der Waals surface area (Å²) in [5, 5.41) is 2.75. The number of carbonyl (C=O) groups is 1. The summed E-state index contributed by atoms with van der Waals surface area (Å²) in [6.45, 7) is 4.95. The molecule has 0 aliphatic heterocycles. The molecule has 0 fully saturated rings. The molecule has 1 aromatic carbocycles. The second-order valence-electron chi connectivity index (χ2n) is 4.09.